The van der Waals surface area contributed by atoms with Gasteiger partial charge in [0.15, 0.2) is 0 Å². The number of aromatic nitrogens is 1. The Labute approximate surface area is 109 Å². The third kappa shape index (κ3) is 2.78. The molecule has 4 heteroatoms. The molecular weight excluding hydrogens is 257 g/mol. The predicted molar refractivity (Wildman–Crippen MR) is 71.2 cm³/mol. The molecule has 0 atom stereocenters. The second-order valence-electron chi connectivity index (χ2n) is 3.38. The maximum absolute atomic E-state index is 9.99. The molecule has 0 aliphatic rings. The van der Waals surface area contributed by atoms with Crippen molar-refractivity contribution in [2.24, 2.45) is 0 Å². The highest BCUT2D eigenvalue weighted by atomic mass is 35.5. The van der Waals surface area contributed by atoms with E-state index in [0.717, 1.165) is 0 Å². The van der Waals surface area contributed by atoms with Gasteiger partial charge in [-0.2, -0.15) is 0 Å². The van der Waals surface area contributed by atoms with E-state index in [1.54, 1.807) is 36.5 Å². The number of nitrogens with zero attached hydrogens (tertiary/aromatic N) is 1. The van der Waals surface area contributed by atoms with E-state index >= 15 is 0 Å². The lowest BCUT2D eigenvalue weighted by Gasteiger charge is -2.05. The Balaban J connectivity index is 2.44. The van der Waals surface area contributed by atoms with Gasteiger partial charge in [0.1, 0.15) is 5.76 Å². The van der Waals surface area contributed by atoms with Gasteiger partial charge < -0.3 is 5.11 Å². The second-order valence-corrected chi connectivity index (χ2v) is 4.20. The van der Waals surface area contributed by atoms with Crippen LogP contribution in [0.2, 0.25) is 10.0 Å². The normalized spacial score (nSPS) is 11.5. The van der Waals surface area contributed by atoms with Crippen LogP contribution in [0, 0.1) is 0 Å². The Kier molecular flexibility index (Phi) is 3.67. The fourth-order valence-electron chi connectivity index (χ4n) is 1.42. The summed E-state index contributed by atoms with van der Waals surface area (Å²) in [7, 11) is 0. The van der Waals surface area contributed by atoms with Crippen molar-refractivity contribution in [1.82, 2.24) is 4.98 Å². The van der Waals surface area contributed by atoms with Crippen LogP contribution in [0.4, 0.5) is 0 Å². The van der Waals surface area contributed by atoms with Crippen molar-refractivity contribution in [3.05, 3.63) is 63.9 Å². The minimum absolute atomic E-state index is 0.000648. The Morgan fingerprint density at radius 2 is 1.76 bits per heavy atom. The monoisotopic (exact) mass is 265 g/mol. The van der Waals surface area contributed by atoms with Crippen molar-refractivity contribution in [3.63, 3.8) is 0 Å². The van der Waals surface area contributed by atoms with Crippen LogP contribution in [-0.2, 0) is 0 Å². The van der Waals surface area contributed by atoms with E-state index in [9.17, 15) is 5.11 Å². The molecule has 0 saturated carbocycles. The number of benzene rings is 1. The molecule has 0 unspecified atom stereocenters. The van der Waals surface area contributed by atoms with Crippen molar-refractivity contribution in [2.75, 3.05) is 0 Å². The summed E-state index contributed by atoms with van der Waals surface area (Å²) in [6, 6.07) is 10.5. The molecule has 17 heavy (non-hydrogen) atoms. The number of aliphatic hydroxyl groups excluding tert-OH is 1. The summed E-state index contributed by atoms with van der Waals surface area (Å²) >= 11 is 12.0. The zero-order valence-electron chi connectivity index (χ0n) is 8.77. The van der Waals surface area contributed by atoms with Crippen LogP contribution >= 0.6 is 23.2 Å². The number of hydrogen-bond donors (Lipinski definition) is 1. The van der Waals surface area contributed by atoms with E-state index in [1.165, 1.54) is 6.08 Å². The van der Waals surface area contributed by atoms with Crippen LogP contribution in [0.15, 0.2) is 42.6 Å². The van der Waals surface area contributed by atoms with Crippen molar-refractivity contribution >= 4 is 35.0 Å². The molecule has 1 aromatic heterocycles. The van der Waals surface area contributed by atoms with Gasteiger partial charge >= 0.3 is 0 Å². The molecule has 0 bridgehead atoms. The summed E-state index contributed by atoms with van der Waals surface area (Å²) in [5.41, 5.74) is 1.06. The Bertz CT molecular complexity index is 532. The molecule has 0 saturated heterocycles. The highest BCUT2D eigenvalue weighted by Crippen LogP contribution is 2.30. The first-order chi connectivity index (χ1) is 8.18. The van der Waals surface area contributed by atoms with Crippen molar-refractivity contribution in [2.45, 2.75) is 0 Å². The molecule has 86 valence electrons. The maximum Gasteiger partial charge on any atom is 0.127 e. The summed E-state index contributed by atoms with van der Waals surface area (Å²) < 4.78 is 0. The van der Waals surface area contributed by atoms with E-state index in [1.807, 2.05) is 6.07 Å². The third-order valence-corrected chi connectivity index (χ3v) is 2.82. The number of pyridine rings is 1. The van der Waals surface area contributed by atoms with Gasteiger partial charge in [-0.25, -0.2) is 0 Å². The zero-order chi connectivity index (χ0) is 12.3. The molecule has 1 N–H and O–H groups in total. The molecular formula is C13H9Cl2NO. The first-order valence-electron chi connectivity index (χ1n) is 4.94. The quantitative estimate of drug-likeness (QED) is 0.815. The Morgan fingerprint density at radius 1 is 1.06 bits per heavy atom. The summed E-state index contributed by atoms with van der Waals surface area (Å²) in [5, 5.41) is 10.8. The molecule has 1 aromatic carbocycles. The second kappa shape index (κ2) is 5.21. The van der Waals surface area contributed by atoms with Crippen LogP contribution in [-0.4, -0.2) is 10.1 Å². The van der Waals surface area contributed by atoms with Crippen LogP contribution in [0.25, 0.3) is 11.8 Å². The molecule has 0 amide bonds. The topological polar surface area (TPSA) is 33.1 Å². The van der Waals surface area contributed by atoms with Crippen LogP contribution in [0.5, 0.6) is 0 Å². The highest BCUT2D eigenvalue weighted by molar-refractivity contribution is 6.37. The Hall–Kier alpha value is -1.51. The fourth-order valence-corrected chi connectivity index (χ4v) is 2.01. The molecule has 2 aromatic rings. The molecule has 2 nitrogen and oxygen atoms in total. The predicted octanol–water partition coefficient (Wildman–Crippen LogP) is 4.44. The summed E-state index contributed by atoms with van der Waals surface area (Å²) in [4.78, 5) is 4.08. The lowest BCUT2D eigenvalue weighted by atomic mass is 10.1. The minimum atomic E-state index is -0.000648. The maximum atomic E-state index is 9.99. The van der Waals surface area contributed by atoms with Gasteiger partial charge in [-0.05, 0) is 24.3 Å². The van der Waals surface area contributed by atoms with Crippen molar-refractivity contribution in [1.29, 1.82) is 0 Å². The van der Waals surface area contributed by atoms with Gasteiger partial charge in [0.05, 0.1) is 21.3 Å². The first-order valence-corrected chi connectivity index (χ1v) is 5.70. The van der Waals surface area contributed by atoms with Gasteiger partial charge in [0, 0.05) is 12.3 Å². The smallest absolute Gasteiger partial charge is 0.127 e. The average molecular weight is 266 g/mol. The SMILES string of the molecule is O/C(=C\c1ccccn1)c1c(Cl)cccc1Cl. The lowest BCUT2D eigenvalue weighted by Crippen LogP contribution is -1.88. The Morgan fingerprint density at radius 3 is 2.35 bits per heavy atom. The van der Waals surface area contributed by atoms with Gasteiger partial charge in [-0.3, -0.25) is 4.98 Å². The third-order valence-electron chi connectivity index (χ3n) is 2.19. The molecule has 1 heterocycles. The van der Waals surface area contributed by atoms with Gasteiger partial charge in [-0.1, -0.05) is 35.3 Å². The van der Waals surface area contributed by atoms with Crippen LogP contribution in [0.1, 0.15) is 11.3 Å². The molecule has 0 aliphatic carbocycles. The van der Waals surface area contributed by atoms with Crippen LogP contribution < -0.4 is 0 Å². The van der Waals surface area contributed by atoms with Gasteiger partial charge in [0.25, 0.3) is 0 Å². The first kappa shape index (κ1) is 12.0. The largest absolute Gasteiger partial charge is 0.507 e. The molecule has 0 radical (unpaired) electrons. The summed E-state index contributed by atoms with van der Waals surface area (Å²) in [6.07, 6.45) is 3.17. The van der Waals surface area contributed by atoms with Crippen molar-refractivity contribution in [3.8, 4) is 0 Å². The van der Waals surface area contributed by atoms with E-state index in [4.69, 9.17) is 23.2 Å². The summed E-state index contributed by atoms with van der Waals surface area (Å²) in [6.45, 7) is 0. The number of rotatable bonds is 2. The van der Waals surface area contributed by atoms with E-state index in [-0.39, 0.29) is 5.76 Å². The van der Waals surface area contributed by atoms with Crippen molar-refractivity contribution < 1.29 is 5.11 Å². The lowest BCUT2D eigenvalue weighted by molar-refractivity contribution is 0.515. The molecule has 0 aliphatic heterocycles. The van der Waals surface area contributed by atoms with E-state index < -0.39 is 0 Å². The van der Waals surface area contributed by atoms with E-state index in [2.05, 4.69) is 4.98 Å². The number of hydrogen-bond acceptors (Lipinski definition) is 2. The molecule has 0 fully saturated rings. The average Bonchev–Trinajstić information content (AvgIpc) is 2.30. The fraction of sp³-hybridized carbons (Fsp3) is 0. The van der Waals surface area contributed by atoms with Gasteiger partial charge in [-0.15, -0.1) is 0 Å². The summed E-state index contributed by atoms with van der Waals surface area (Å²) in [5.74, 6) is -0.000648. The number of halogens is 2. The van der Waals surface area contributed by atoms with Crippen LogP contribution in [0.3, 0.4) is 0 Å². The van der Waals surface area contributed by atoms with E-state index in [0.29, 0.717) is 21.3 Å². The molecule has 0 spiro atoms. The highest BCUT2D eigenvalue weighted by Gasteiger charge is 2.09. The van der Waals surface area contributed by atoms with Gasteiger partial charge in [0.2, 0.25) is 0 Å². The zero-order valence-corrected chi connectivity index (χ0v) is 10.3. The standard InChI is InChI=1S/C13H9Cl2NO/c14-10-5-3-6-11(15)13(10)12(17)8-9-4-1-2-7-16-9/h1-8,17H/b12-8-. The minimum Gasteiger partial charge on any atom is -0.507 e. The number of aliphatic hydroxyl groups is 1. The molecule has 2 rings (SSSR count).